The molecule has 170 valence electrons. The molecule has 1 aliphatic carbocycles. The van der Waals surface area contributed by atoms with Gasteiger partial charge in [-0.3, -0.25) is 0 Å². The Morgan fingerprint density at radius 3 is 2.00 bits per heavy atom. The summed E-state index contributed by atoms with van der Waals surface area (Å²) in [5.74, 6) is -3.01. The molecular formula is C23H32NO7+. The highest BCUT2D eigenvalue weighted by Crippen LogP contribution is 2.42. The van der Waals surface area contributed by atoms with Gasteiger partial charge < -0.3 is 24.5 Å². The number of nitrogens with zero attached hydrogens (tertiary/aromatic N) is 1. The van der Waals surface area contributed by atoms with Gasteiger partial charge in [-0.05, 0) is 18.4 Å². The maximum atomic E-state index is 12.9. The van der Waals surface area contributed by atoms with E-state index in [0.29, 0.717) is 17.7 Å². The summed E-state index contributed by atoms with van der Waals surface area (Å²) in [6, 6.07) is 9.33. The lowest BCUT2D eigenvalue weighted by Crippen LogP contribution is -2.46. The van der Waals surface area contributed by atoms with Gasteiger partial charge in [0.2, 0.25) is 0 Å². The minimum atomic E-state index is -1.50. The number of aliphatic hydroxyl groups is 1. The van der Waals surface area contributed by atoms with Crippen LogP contribution in [-0.2, 0) is 24.7 Å². The van der Waals surface area contributed by atoms with Gasteiger partial charge in [0, 0.05) is 24.5 Å². The number of rotatable bonds is 6. The first-order valence-electron chi connectivity index (χ1n) is 10.5. The van der Waals surface area contributed by atoms with Gasteiger partial charge in [0.05, 0.1) is 20.6 Å². The van der Waals surface area contributed by atoms with Crippen molar-refractivity contribution in [2.45, 2.75) is 43.8 Å². The number of likely N-dealkylation sites (N-methyl/N-ethyl adjacent to an activating group) is 1. The van der Waals surface area contributed by atoms with Gasteiger partial charge in [-0.1, -0.05) is 43.2 Å². The van der Waals surface area contributed by atoms with Gasteiger partial charge in [-0.15, -0.1) is 0 Å². The van der Waals surface area contributed by atoms with Crippen LogP contribution in [0.4, 0.5) is 0 Å². The highest BCUT2D eigenvalue weighted by Gasteiger charge is 2.49. The number of likely N-dealkylation sites (tertiary alicyclic amines) is 1. The molecule has 2 aliphatic rings. The molecule has 0 amide bonds. The zero-order valence-electron chi connectivity index (χ0n) is 18.1. The van der Waals surface area contributed by atoms with Crippen molar-refractivity contribution in [2.75, 3.05) is 27.2 Å². The molecule has 8 heteroatoms. The van der Waals surface area contributed by atoms with Crippen molar-refractivity contribution in [3.05, 3.63) is 48.0 Å². The number of quaternary nitrogens is 1. The molecule has 2 unspecified atom stereocenters. The smallest absolute Gasteiger partial charge is 0.343 e. The topological polar surface area (TPSA) is 121 Å². The summed E-state index contributed by atoms with van der Waals surface area (Å²) < 4.78 is 6.64. The first kappa shape index (κ1) is 24.6. The van der Waals surface area contributed by atoms with Gasteiger partial charge in [0.15, 0.2) is 11.7 Å². The summed E-state index contributed by atoms with van der Waals surface area (Å²) in [4.78, 5) is 32.0. The quantitative estimate of drug-likeness (QED) is 0.356. The Morgan fingerprint density at radius 2 is 1.55 bits per heavy atom. The van der Waals surface area contributed by atoms with Gasteiger partial charge >= 0.3 is 17.9 Å². The molecule has 8 nitrogen and oxygen atoms in total. The Balaban J connectivity index is 0.000000366. The summed E-state index contributed by atoms with van der Waals surface area (Å²) in [5, 5.41) is 27.0. The summed E-state index contributed by atoms with van der Waals surface area (Å²) in [5.41, 5.74) is -0.832. The van der Waals surface area contributed by atoms with Crippen LogP contribution in [0, 0.1) is 5.92 Å². The van der Waals surface area contributed by atoms with Crippen LogP contribution in [0.3, 0.4) is 0 Å². The molecule has 3 N–H and O–H groups in total. The van der Waals surface area contributed by atoms with E-state index in [1.165, 1.54) is 0 Å². The molecule has 0 radical (unpaired) electrons. The molecule has 2 fully saturated rings. The lowest BCUT2D eigenvalue weighted by molar-refractivity contribution is -0.879. The van der Waals surface area contributed by atoms with Crippen LogP contribution < -0.4 is 0 Å². The average molecular weight is 435 g/mol. The third kappa shape index (κ3) is 6.90. The second-order valence-electron chi connectivity index (χ2n) is 8.78. The number of esters is 1. The molecule has 0 aromatic heterocycles. The van der Waals surface area contributed by atoms with Crippen LogP contribution in [0.2, 0.25) is 0 Å². The molecular weight excluding hydrogens is 402 g/mol. The van der Waals surface area contributed by atoms with E-state index in [1.807, 2.05) is 30.3 Å². The van der Waals surface area contributed by atoms with E-state index in [9.17, 15) is 19.5 Å². The van der Waals surface area contributed by atoms with Crippen LogP contribution in [0.25, 0.3) is 0 Å². The summed E-state index contributed by atoms with van der Waals surface area (Å²) in [6.45, 7) is 1.83. The number of ether oxygens (including phenoxy) is 1. The third-order valence-electron chi connectivity index (χ3n) is 5.87. The van der Waals surface area contributed by atoms with Crippen LogP contribution >= 0.6 is 0 Å². The normalized spacial score (nSPS) is 22.4. The van der Waals surface area contributed by atoms with E-state index in [2.05, 4.69) is 14.1 Å². The summed E-state index contributed by atoms with van der Waals surface area (Å²) in [7, 11) is 4.29. The first-order chi connectivity index (χ1) is 14.5. The van der Waals surface area contributed by atoms with Crippen molar-refractivity contribution in [3.63, 3.8) is 0 Å². The molecule has 3 rings (SSSR count). The summed E-state index contributed by atoms with van der Waals surface area (Å²) >= 11 is 0. The molecule has 1 saturated carbocycles. The Hall–Kier alpha value is -2.71. The fourth-order valence-corrected chi connectivity index (χ4v) is 4.26. The van der Waals surface area contributed by atoms with Crippen LogP contribution in [0.15, 0.2) is 42.5 Å². The molecule has 1 saturated heterocycles. The van der Waals surface area contributed by atoms with Gasteiger partial charge in [0.25, 0.3) is 0 Å². The van der Waals surface area contributed by atoms with E-state index in [-0.39, 0.29) is 12.0 Å². The second kappa shape index (κ2) is 10.5. The number of carboxylic acid groups (broad SMARTS) is 2. The maximum Gasteiger partial charge on any atom is 0.343 e. The number of aliphatic carboxylic acids is 2. The minimum Gasteiger partial charge on any atom is -0.478 e. The van der Waals surface area contributed by atoms with E-state index in [1.54, 1.807) is 0 Å². The third-order valence-corrected chi connectivity index (χ3v) is 5.87. The number of hydrogen-bond donors (Lipinski definition) is 3. The fraction of sp³-hybridized carbons (Fsp3) is 0.522. The van der Waals surface area contributed by atoms with Crippen LogP contribution in [0.5, 0.6) is 0 Å². The van der Waals surface area contributed by atoms with E-state index < -0.39 is 23.5 Å². The zero-order chi connectivity index (χ0) is 23.1. The number of carbonyl (C=O) groups is 3. The minimum absolute atomic E-state index is 0.0405. The van der Waals surface area contributed by atoms with E-state index >= 15 is 0 Å². The zero-order valence-corrected chi connectivity index (χ0v) is 18.1. The van der Waals surface area contributed by atoms with Gasteiger partial charge in [0.1, 0.15) is 6.54 Å². The first-order valence-corrected chi connectivity index (χ1v) is 10.5. The molecule has 31 heavy (non-hydrogen) atoms. The second-order valence-corrected chi connectivity index (χ2v) is 8.78. The Kier molecular flexibility index (Phi) is 8.36. The molecule has 1 aromatic rings. The number of carboxylic acids is 2. The Bertz CT molecular complexity index is 783. The van der Waals surface area contributed by atoms with Crippen molar-refractivity contribution in [2.24, 2.45) is 5.92 Å². The van der Waals surface area contributed by atoms with Gasteiger partial charge in [-0.25, -0.2) is 14.4 Å². The lowest BCUT2D eigenvalue weighted by atomic mass is 9.80. The predicted octanol–water partition coefficient (Wildman–Crippen LogP) is 2.17. The van der Waals surface area contributed by atoms with Crippen molar-refractivity contribution in [1.82, 2.24) is 0 Å². The Labute approximate surface area is 182 Å². The summed E-state index contributed by atoms with van der Waals surface area (Å²) in [6.07, 6.45) is 5.80. The average Bonchev–Trinajstić information content (AvgIpc) is 3.37. The van der Waals surface area contributed by atoms with Crippen LogP contribution in [-0.4, -0.2) is 71.0 Å². The van der Waals surface area contributed by atoms with E-state index in [0.717, 1.165) is 49.7 Å². The molecule has 1 heterocycles. The predicted molar refractivity (Wildman–Crippen MR) is 113 cm³/mol. The van der Waals surface area contributed by atoms with Crippen molar-refractivity contribution in [3.8, 4) is 0 Å². The maximum absolute atomic E-state index is 12.9. The molecule has 2 atom stereocenters. The SMILES string of the molecule is C[N+]1(C)CCC(OC(=O)C(O)(c2ccccc2)C2CCCC2)C1.O=C(O)/C=C\C(=O)O. The van der Waals surface area contributed by atoms with Gasteiger partial charge in [-0.2, -0.15) is 0 Å². The molecule has 1 aromatic carbocycles. The largest absolute Gasteiger partial charge is 0.478 e. The standard InChI is InChI=1S/C19H28NO3.C4H4O4/c1-20(2)13-12-17(14-20)23-18(21)19(22,16-10-6-7-11-16)15-8-4-3-5-9-15;5-3(6)1-2-4(7)8/h3-5,8-9,16-17,22H,6-7,10-14H2,1-2H3;1-2H,(H,5,6)(H,7,8)/q+1;/b;2-1-. The number of benzene rings is 1. The molecule has 0 bridgehead atoms. The number of carbonyl (C=O) groups excluding carboxylic acids is 1. The van der Waals surface area contributed by atoms with Crippen LogP contribution in [0.1, 0.15) is 37.7 Å². The monoisotopic (exact) mass is 434 g/mol. The molecule has 0 spiro atoms. The van der Waals surface area contributed by atoms with Crippen molar-refractivity contribution < 1.29 is 38.9 Å². The number of hydrogen-bond acceptors (Lipinski definition) is 5. The van der Waals surface area contributed by atoms with Crippen molar-refractivity contribution >= 4 is 17.9 Å². The highest BCUT2D eigenvalue weighted by molar-refractivity contribution is 5.89. The Morgan fingerprint density at radius 1 is 1.00 bits per heavy atom. The van der Waals surface area contributed by atoms with E-state index in [4.69, 9.17) is 14.9 Å². The highest BCUT2D eigenvalue weighted by atomic mass is 16.6. The van der Waals surface area contributed by atoms with Crippen molar-refractivity contribution in [1.29, 1.82) is 0 Å². The lowest BCUT2D eigenvalue weighted by Gasteiger charge is -2.33. The fourth-order valence-electron chi connectivity index (χ4n) is 4.26. The molecule has 1 aliphatic heterocycles.